The zero-order chi connectivity index (χ0) is 17.2. The number of aliphatic imine (C=N–C) groups is 1. The van der Waals surface area contributed by atoms with Crippen LogP contribution in [-0.2, 0) is 18.3 Å². The van der Waals surface area contributed by atoms with Crippen molar-refractivity contribution in [3.8, 4) is 0 Å². The van der Waals surface area contributed by atoms with E-state index in [2.05, 4.69) is 54.1 Å². The molecule has 0 bridgehead atoms. The summed E-state index contributed by atoms with van der Waals surface area (Å²) in [4.78, 5) is 6.93. The molecule has 1 N–H and O–H groups in total. The molecule has 0 amide bonds. The molecule has 1 saturated carbocycles. The van der Waals surface area contributed by atoms with Crippen molar-refractivity contribution in [3.05, 3.63) is 24.0 Å². The highest BCUT2D eigenvalue weighted by atomic mass is 16.5. The van der Waals surface area contributed by atoms with Crippen LogP contribution in [-0.4, -0.2) is 48.3 Å². The lowest BCUT2D eigenvalue weighted by molar-refractivity contribution is 0.0281. The van der Waals surface area contributed by atoms with E-state index in [0.717, 1.165) is 38.6 Å². The summed E-state index contributed by atoms with van der Waals surface area (Å²) in [5, 5.41) is 3.38. The van der Waals surface area contributed by atoms with Crippen LogP contribution in [0.2, 0.25) is 0 Å². The first kappa shape index (κ1) is 18.8. The molecular formula is C19H34N4O. The first-order valence-corrected chi connectivity index (χ1v) is 9.42. The summed E-state index contributed by atoms with van der Waals surface area (Å²) in [6, 6.07) is 4.23. The maximum Gasteiger partial charge on any atom is 0.194 e. The second kappa shape index (κ2) is 10.4. The van der Waals surface area contributed by atoms with Gasteiger partial charge in [-0.05, 0) is 38.3 Å². The molecule has 1 aliphatic carbocycles. The maximum absolute atomic E-state index is 5.98. The summed E-state index contributed by atoms with van der Waals surface area (Å²) >= 11 is 0. The van der Waals surface area contributed by atoms with Crippen LogP contribution in [0, 0.1) is 0 Å². The fourth-order valence-corrected chi connectivity index (χ4v) is 3.18. The molecule has 0 atom stereocenters. The normalized spacial score (nSPS) is 16.4. The Balaban J connectivity index is 1.73. The van der Waals surface area contributed by atoms with Crippen LogP contribution in [0.5, 0.6) is 0 Å². The van der Waals surface area contributed by atoms with E-state index in [9.17, 15) is 0 Å². The van der Waals surface area contributed by atoms with Crippen LogP contribution in [0.4, 0.5) is 0 Å². The van der Waals surface area contributed by atoms with Gasteiger partial charge in [-0.2, -0.15) is 0 Å². The Morgan fingerprint density at radius 2 is 2.17 bits per heavy atom. The van der Waals surface area contributed by atoms with Crippen LogP contribution in [0.1, 0.15) is 51.1 Å². The molecule has 0 aliphatic heterocycles. The van der Waals surface area contributed by atoms with Crippen molar-refractivity contribution in [3.63, 3.8) is 0 Å². The van der Waals surface area contributed by atoms with E-state index >= 15 is 0 Å². The number of rotatable bonds is 8. The predicted molar refractivity (Wildman–Crippen MR) is 100 cm³/mol. The first-order chi connectivity index (χ1) is 11.7. The Morgan fingerprint density at radius 3 is 2.83 bits per heavy atom. The van der Waals surface area contributed by atoms with E-state index in [1.165, 1.54) is 37.8 Å². The van der Waals surface area contributed by atoms with Crippen molar-refractivity contribution in [2.24, 2.45) is 12.0 Å². The summed E-state index contributed by atoms with van der Waals surface area (Å²) in [7, 11) is 4.17. The minimum atomic E-state index is 0.496. The van der Waals surface area contributed by atoms with E-state index in [1.54, 1.807) is 0 Å². The number of guanidine groups is 1. The molecule has 1 fully saturated rings. The fourth-order valence-electron chi connectivity index (χ4n) is 3.18. The first-order valence-electron chi connectivity index (χ1n) is 9.42. The van der Waals surface area contributed by atoms with Crippen LogP contribution >= 0.6 is 0 Å². The smallest absolute Gasteiger partial charge is 0.194 e. The number of nitrogens with one attached hydrogen (secondary N) is 1. The van der Waals surface area contributed by atoms with Crippen molar-refractivity contribution < 1.29 is 4.74 Å². The number of aromatic nitrogens is 1. The molecule has 0 radical (unpaired) electrons. The number of hydrogen-bond acceptors (Lipinski definition) is 2. The van der Waals surface area contributed by atoms with Gasteiger partial charge in [-0.1, -0.05) is 19.3 Å². The molecule has 0 saturated heterocycles. The lowest BCUT2D eigenvalue weighted by Crippen LogP contribution is -2.39. The molecule has 1 heterocycles. The van der Waals surface area contributed by atoms with E-state index in [4.69, 9.17) is 9.73 Å². The van der Waals surface area contributed by atoms with Crippen molar-refractivity contribution >= 4 is 5.96 Å². The third-order valence-electron chi connectivity index (χ3n) is 4.62. The topological polar surface area (TPSA) is 41.8 Å². The second-order valence-corrected chi connectivity index (χ2v) is 6.69. The number of aryl methyl sites for hydroxylation is 1. The van der Waals surface area contributed by atoms with E-state index in [0.29, 0.717) is 6.10 Å². The molecular weight excluding hydrogens is 300 g/mol. The van der Waals surface area contributed by atoms with Crippen molar-refractivity contribution in [2.75, 3.05) is 26.7 Å². The molecule has 0 unspecified atom stereocenters. The summed E-state index contributed by atoms with van der Waals surface area (Å²) in [5.41, 5.74) is 1.28. The Labute approximate surface area is 147 Å². The standard InChI is InChI=1S/C19H34N4O/c1-4-20-19(23(3)16-17-10-8-14-22(17)2)21-13-9-15-24-18-11-6-5-7-12-18/h8,10,14,18H,4-7,9,11-13,15-16H2,1-3H3,(H,20,21). The molecule has 5 heteroatoms. The summed E-state index contributed by atoms with van der Waals surface area (Å²) < 4.78 is 8.13. The quantitative estimate of drug-likeness (QED) is 0.451. The van der Waals surface area contributed by atoms with E-state index in [1.807, 2.05) is 0 Å². The molecule has 24 heavy (non-hydrogen) atoms. The van der Waals surface area contributed by atoms with Gasteiger partial charge >= 0.3 is 0 Å². The zero-order valence-corrected chi connectivity index (χ0v) is 15.6. The van der Waals surface area contributed by atoms with E-state index in [-0.39, 0.29) is 0 Å². The molecule has 1 aromatic heterocycles. The highest BCUT2D eigenvalue weighted by Gasteiger charge is 2.13. The second-order valence-electron chi connectivity index (χ2n) is 6.69. The largest absolute Gasteiger partial charge is 0.378 e. The minimum absolute atomic E-state index is 0.496. The van der Waals surface area contributed by atoms with Gasteiger partial charge in [0.1, 0.15) is 0 Å². The average molecular weight is 335 g/mol. The fraction of sp³-hybridized carbons (Fsp3) is 0.737. The number of nitrogens with zero attached hydrogens (tertiary/aromatic N) is 3. The maximum atomic E-state index is 5.98. The van der Waals surface area contributed by atoms with Crippen LogP contribution < -0.4 is 5.32 Å². The zero-order valence-electron chi connectivity index (χ0n) is 15.6. The van der Waals surface area contributed by atoms with Gasteiger partial charge in [-0.25, -0.2) is 0 Å². The SMILES string of the molecule is CCNC(=NCCCOC1CCCCC1)N(C)Cc1cccn1C. The van der Waals surface area contributed by atoms with Crippen molar-refractivity contribution in [1.82, 2.24) is 14.8 Å². The van der Waals surface area contributed by atoms with Crippen molar-refractivity contribution in [2.45, 2.75) is 58.1 Å². The number of hydrogen-bond donors (Lipinski definition) is 1. The summed E-state index contributed by atoms with van der Waals surface area (Å²) in [6.07, 6.45) is 10.1. The Bertz CT molecular complexity index is 491. The molecule has 0 spiro atoms. The third-order valence-corrected chi connectivity index (χ3v) is 4.62. The molecule has 0 aromatic carbocycles. The lowest BCUT2D eigenvalue weighted by Gasteiger charge is -2.23. The minimum Gasteiger partial charge on any atom is -0.378 e. The molecule has 5 nitrogen and oxygen atoms in total. The van der Waals surface area contributed by atoms with Gasteiger partial charge in [0, 0.05) is 45.7 Å². The lowest BCUT2D eigenvalue weighted by atomic mass is 9.98. The van der Waals surface area contributed by atoms with Crippen LogP contribution in [0.25, 0.3) is 0 Å². The summed E-state index contributed by atoms with van der Waals surface area (Å²) in [6.45, 7) is 5.49. The third kappa shape index (κ3) is 6.19. The Kier molecular flexibility index (Phi) is 8.16. The highest BCUT2D eigenvalue weighted by Crippen LogP contribution is 2.20. The van der Waals surface area contributed by atoms with E-state index < -0.39 is 0 Å². The van der Waals surface area contributed by atoms with Crippen molar-refractivity contribution in [1.29, 1.82) is 0 Å². The van der Waals surface area contributed by atoms with Gasteiger partial charge in [-0.15, -0.1) is 0 Å². The summed E-state index contributed by atoms with van der Waals surface area (Å²) in [5.74, 6) is 0.969. The molecule has 1 aliphatic rings. The highest BCUT2D eigenvalue weighted by molar-refractivity contribution is 5.79. The monoisotopic (exact) mass is 334 g/mol. The van der Waals surface area contributed by atoms with Crippen LogP contribution in [0.3, 0.4) is 0 Å². The number of ether oxygens (including phenoxy) is 1. The van der Waals surface area contributed by atoms with Gasteiger partial charge in [0.2, 0.25) is 0 Å². The van der Waals surface area contributed by atoms with Crippen LogP contribution in [0.15, 0.2) is 23.3 Å². The Morgan fingerprint density at radius 1 is 1.38 bits per heavy atom. The Hall–Kier alpha value is -1.49. The van der Waals surface area contributed by atoms with Gasteiger partial charge in [0.25, 0.3) is 0 Å². The molecule has 2 rings (SSSR count). The van der Waals surface area contributed by atoms with Gasteiger partial charge < -0.3 is 19.5 Å². The van der Waals surface area contributed by atoms with Gasteiger partial charge in [-0.3, -0.25) is 4.99 Å². The molecule has 1 aromatic rings. The van der Waals surface area contributed by atoms with Gasteiger partial charge in [0.05, 0.1) is 12.6 Å². The average Bonchev–Trinajstić information content (AvgIpc) is 2.99. The predicted octanol–water partition coefficient (Wildman–Crippen LogP) is 3.16. The van der Waals surface area contributed by atoms with Gasteiger partial charge in [0.15, 0.2) is 5.96 Å². The molecule has 136 valence electrons.